The number of hydrogen-bond acceptors (Lipinski definition) is 8. The summed E-state index contributed by atoms with van der Waals surface area (Å²) in [4.78, 5) is 86.3. The van der Waals surface area contributed by atoms with Gasteiger partial charge in [-0.05, 0) is 36.0 Å². The largest absolute Gasteiger partial charge is 0.480 e. The van der Waals surface area contributed by atoms with E-state index in [-0.39, 0.29) is 42.4 Å². The molecule has 9 atom stereocenters. The van der Waals surface area contributed by atoms with Crippen LogP contribution in [0.3, 0.4) is 0 Å². The van der Waals surface area contributed by atoms with Gasteiger partial charge >= 0.3 is 5.97 Å². The van der Waals surface area contributed by atoms with Crippen molar-refractivity contribution in [3.63, 3.8) is 0 Å². The summed E-state index contributed by atoms with van der Waals surface area (Å²) in [5, 5.41) is 23.5. The molecule has 0 aliphatic heterocycles. The summed E-state index contributed by atoms with van der Waals surface area (Å²) < 4.78 is 0. The molecule has 15 nitrogen and oxygen atoms in total. The van der Waals surface area contributed by atoms with Gasteiger partial charge in [0.1, 0.15) is 30.2 Å². The van der Waals surface area contributed by atoms with Crippen LogP contribution < -0.4 is 32.3 Å². The molecule has 0 aliphatic rings. The van der Waals surface area contributed by atoms with Crippen molar-refractivity contribution in [3.05, 3.63) is 18.2 Å². The maximum absolute atomic E-state index is 13.9. The van der Waals surface area contributed by atoms with Crippen molar-refractivity contribution in [3.8, 4) is 0 Å². The number of hydrogen-bond donors (Lipinski definition) is 8. The van der Waals surface area contributed by atoms with Crippen LogP contribution in [-0.4, -0.2) is 86.8 Å². The van der Waals surface area contributed by atoms with E-state index in [1.807, 2.05) is 55.4 Å². The molecule has 0 bridgehead atoms. The normalized spacial score (nSPS) is 16.9. The molecule has 0 saturated carbocycles. The van der Waals surface area contributed by atoms with Crippen LogP contribution in [0.25, 0.3) is 0 Å². The first-order valence-corrected chi connectivity index (χ1v) is 17.9. The van der Waals surface area contributed by atoms with Gasteiger partial charge < -0.3 is 42.4 Å². The molecule has 1 heterocycles. The lowest BCUT2D eigenvalue weighted by molar-refractivity contribution is -0.142. The molecule has 9 N–H and O–H groups in total. The zero-order valence-electron chi connectivity index (χ0n) is 31.5. The number of aliphatic carboxylic acids is 1. The third-order valence-corrected chi connectivity index (χ3v) is 9.33. The average molecular weight is 707 g/mol. The van der Waals surface area contributed by atoms with E-state index in [0.717, 1.165) is 0 Å². The van der Waals surface area contributed by atoms with Crippen LogP contribution in [0.1, 0.15) is 101 Å². The molecule has 284 valence electrons. The van der Waals surface area contributed by atoms with Crippen molar-refractivity contribution >= 4 is 35.5 Å². The van der Waals surface area contributed by atoms with Crippen LogP contribution in [0.5, 0.6) is 0 Å². The number of aromatic amines is 1. The van der Waals surface area contributed by atoms with E-state index >= 15 is 0 Å². The highest BCUT2D eigenvalue weighted by Crippen LogP contribution is 2.16. The van der Waals surface area contributed by atoms with Gasteiger partial charge in [-0.3, -0.25) is 24.0 Å². The quantitative estimate of drug-likeness (QED) is 0.0873. The maximum Gasteiger partial charge on any atom is 0.326 e. The van der Waals surface area contributed by atoms with Crippen molar-refractivity contribution in [1.29, 1.82) is 0 Å². The van der Waals surface area contributed by atoms with E-state index in [4.69, 9.17) is 5.73 Å². The number of amides is 5. The van der Waals surface area contributed by atoms with Gasteiger partial charge in [-0.25, -0.2) is 9.78 Å². The zero-order valence-corrected chi connectivity index (χ0v) is 31.5. The second-order valence-corrected chi connectivity index (χ2v) is 14.3. The van der Waals surface area contributed by atoms with Crippen molar-refractivity contribution in [2.45, 2.75) is 138 Å². The first kappa shape index (κ1) is 44.0. The van der Waals surface area contributed by atoms with Gasteiger partial charge in [-0.2, -0.15) is 0 Å². The molecule has 50 heavy (non-hydrogen) atoms. The van der Waals surface area contributed by atoms with Crippen molar-refractivity contribution in [1.82, 2.24) is 36.6 Å². The molecule has 0 aliphatic carbocycles. The molecule has 0 saturated heterocycles. The molecular formula is C35H62N8O7. The number of nitrogens with zero attached hydrogens (tertiary/aromatic N) is 1. The number of H-pyrrole nitrogens is 1. The van der Waals surface area contributed by atoms with Gasteiger partial charge in [0.2, 0.25) is 29.5 Å². The number of imidazole rings is 1. The molecule has 0 radical (unpaired) electrons. The molecule has 1 aromatic heterocycles. The van der Waals surface area contributed by atoms with Crippen molar-refractivity contribution < 1.29 is 33.9 Å². The van der Waals surface area contributed by atoms with Crippen LogP contribution in [-0.2, 0) is 35.2 Å². The summed E-state index contributed by atoms with van der Waals surface area (Å²) in [6, 6.07) is -6.23. The Hall–Kier alpha value is -4.01. The van der Waals surface area contributed by atoms with E-state index < -0.39 is 71.8 Å². The Morgan fingerprint density at radius 1 is 0.680 bits per heavy atom. The minimum Gasteiger partial charge on any atom is -0.480 e. The van der Waals surface area contributed by atoms with Crippen LogP contribution >= 0.6 is 0 Å². The summed E-state index contributed by atoms with van der Waals surface area (Å²) in [5.41, 5.74) is 6.55. The zero-order chi connectivity index (χ0) is 38.3. The fraction of sp³-hybridized carbons (Fsp3) is 0.743. The molecule has 5 amide bonds. The SMILES string of the molecule is CC[C@H](C)[C@H](NC(=O)[C@H](CC(C)C)NC(=O)[C@@H](NC(=O)[C@@H](NC(=O)[C@@H](N)C(C)C)[C@@H](C)CC)[C@@H](C)CC)C(=O)N[C@@H](Cc1cnc[nH]1)C(=O)O. The van der Waals surface area contributed by atoms with E-state index in [1.54, 1.807) is 13.8 Å². The molecule has 1 rings (SSSR count). The van der Waals surface area contributed by atoms with Crippen LogP contribution in [0.2, 0.25) is 0 Å². The third kappa shape index (κ3) is 13.7. The molecule has 0 unspecified atom stereocenters. The number of aromatic nitrogens is 2. The number of rotatable bonds is 22. The second kappa shape index (κ2) is 21.3. The highest BCUT2D eigenvalue weighted by atomic mass is 16.4. The molecule has 0 fully saturated rings. The van der Waals surface area contributed by atoms with Crippen LogP contribution in [0.4, 0.5) is 0 Å². The molecule has 1 aromatic rings. The maximum atomic E-state index is 13.9. The Labute approximate surface area is 296 Å². The number of carbonyl (C=O) groups is 6. The van der Waals surface area contributed by atoms with Gasteiger partial charge in [0, 0.05) is 18.3 Å². The Kier molecular flexibility index (Phi) is 18.7. The number of carboxylic acids is 1. The Bertz CT molecular complexity index is 1260. The van der Waals surface area contributed by atoms with E-state index in [0.29, 0.717) is 25.0 Å². The standard InChI is InChI=1S/C35H62N8O7/c1-11-20(8)27(33(47)40-25(35(49)50)15-23-16-37-17-38-23)41-30(44)24(14-18(4)5)39-32(46)28(21(9)12-2)43-34(48)29(22(10)13-3)42-31(45)26(36)19(6)7/h16-22,24-29H,11-15,36H2,1-10H3,(H,37,38)(H,39,46)(H,40,47)(H,41,44)(H,42,45)(H,43,48)(H,49,50)/t20-,21-,22-,24-,25-,26-,27-,28-,29-/m0/s1. The van der Waals surface area contributed by atoms with Crippen molar-refractivity contribution in [2.75, 3.05) is 0 Å². The highest BCUT2D eigenvalue weighted by molar-refractivity contribution is 5.96. The summed E-state index contributed by atoms with van der Waals surface area (Å²) in [7, 11) is 0. The molecule has 0 spiro atoms. The van der Waals surface area contributed by atoms with Gasteiger partial charge in [0.25, 0.3) is 0 Å². The summed E-state index contributed by atoms with van der Waals surface area (Å²) >= 11 is 0. The van der Waals surface area contributed by atoms with Gasteiger partial charge in [0.05, 0.1) is 12.4 Å². The number of nitrogens with two attached hydrogens (primary N) is 1. The third-order valence-electron chi connectivity index (χ3n) is 9.33. The lowest BCUT2D eigenvalue weighted by Crippen LogP contribution is -2.62. The topological polar surface area (TPSA) is 238 Å². The highest BCUT2D eigenvalue weighted by Gasteiger charge is 2.36. The fourth-order valence-electron chi connectivity index (χ4n) is 5.20. The monoisotopic (exact) mass is 706 g/mol. The molecular weight excluding hydrogens is 644 g/mol. The number of carbonyl (C=O) groups excluding carboxylic acids is 5. The lowest BCUT2D eigenvalue weighted by Gasteiger charge is -2.31. The van der Waals surface area contributed by atoms with Gasteiger partial charge in [0.15, 0.2) is 0 Å². The summed E-state index contributed by atoms with van der Waals surface area (Å²) in [6.07, 6.45) is 4.66. The smallest absolute Gasteiger partial charge is 0.326 e. The van der Waals surface area contributed by atoms with E-state index in [9.17, 15) is 33.9 Å². The Balaban J connectivity index is 3.27. The van der Waals surface area contributed by atoms with E-state index in [1.165, 1.54) is 12.5 Å². The average Bonchev–Trinajstić information content (AvgIpc) is 3.58. The van der Waals surface area contributed by atoms with Gasteiger partial charge in [-0.1, -0.05) is 88.5 Å². The fourth-order valence-corrected chi connectivity index (χ4v) is 5.20. The lowest BCUT2D eigenvalue weighted by atomic mass is 9.93. The van der Waals surface area contributed by atoms with Crippen LogP contribution in [0, 0.1) is 29.6 Å². The predicted octanol–water partition coefficient (Wildman–Crippen LogP) is 1.63. The Morgan fingerprint density at radius 3 is 1.48 bits per heavy atom. The van der Waals surface area contributed by atoms with Crippen molar-refractivity contribution in [2.24, 2.45) is 35.3 Å². The Morgan fingerprint density at radius 2 is 1.10 bits per heavy atom. The van der Waals surface area contributed by atoms with E-state index in [2.05, 4.69) is 36.6 Å². The molecule has 0 aromatic carbocycles. The minimum absolute atomic E-state index is 0.0386. The predicted molar refractivity (Wildman–Crippen MR) is 190 cm³/mol. The summed E-state index contributed by atoms with van der Waals surface area (Å²) in [6.45, 7) is 18.4. The first-order chi connectivity index (χ1) is 23.4. The number of carboxylic acid groups (broad SMARTS) is 1. The van der Waals surface area contributed by atoms with Crippen LogP contribution in [0.15, 0.2) is 12.5 Å². The van der Waals surface area contributed by atoms with Gasteiger partial charge in [-0.15, -0.1) is 0 Å². The first-order valence-electron chi connectivity index (χ1n) is 17.9. The minimum atomic E-state index is -1.28. The number of nitrogens with one attached hydrogen (secondary N) is 6. The summed E-state index contributed by atoms with van der Waals surface area (Å²) in [5.74, 6) is -5.29. The molecule has 15 heteroatoms. The second-order valence-electron chi connectivity index (χ2n) is 14.3.